The highest BCUT2D eigenvalue weighted by atomic mass is 32.2. The van der Waals surface area contributed by atoms with E-state index in [9.17, 15) is 0 Å². The molecule has 1 N–H and O–H groups in total. The molecule has 1 heterocycles. The van der Waals surface area contributed by atoms with Gasteiger partial charge in [0.1, 0.15) is 0 Å². The van der Waals surface area contributed by atoms with Gasteiger partial charge in [-0.25, -0.2) is 0 Å². The number of benzene rings is 1. The summed E-state index contributed by atoms with van der Waals surface area (Å²) >= 11 is 1.72. The van der Waals surface area contributed by atoms with Gasteiger partial charge in [-0.1, -0.05) is 25.9 Å². The van der Waals surface area contributed by atoms with Gasteiger partial charge in [0.25, 0.3) is 0 Å². The highest BCUT2D eigenvalue weighted by Gasteiger charge is 2.22. The first-order valence-electron chi connectivity index (χ1n) is 7.41. The van der Waals surface area contributed by atoms with Crippen LogP contribution >= 0.6 is 11.8 Å². The van der Waals surface area contributed by atoms with Crippen molar-refractivity contribution < 1.29 is 4.52 Å². The topological polar surface area (TPSA) is 51.0 Å². The van der Waals surface area contributed by atoms with Gasteiger partial charge in [-0.3, -0.25) is 0 Å². The van der Waals surface area contributed by atoms with E-state index in [0.717, 1.165) is 18.5 Å². The summed E-state index contributed by atoms with van der Waals surface area (Å²) in [5.74, 6) is 1.57. The van der Waals surface area contributed by atoms with Crippen molar-refractivity contribution in [3.8, 4) is 11.4 Å². The van der Waals surface area contributed by atoms with Crippen molar-refractivity contribution >= 4 is 11.8 Å². The van der Waals surface area contributed by atoms with Gasteiger partial charge in [0, 0.05) is 16.5 Å². The molecule has 0 bridgehead atoms. The highest BCUT2D eigenvalue weighted by Crippen LogP contribution is 2.24. The predicted octanol–water partition coefficient (Wildman–Crippen LogP) is 3.95. The van der Waals surface area contributed by atoms with Gasteiger partial charge in [-0.05, 0) is 43.5 Å². The van der Waals surface area contributed by atoms with E-state index in [4.69, 9.17) is 4.52 Å². The zero-order valence-corrected chi connectivity index (χ0v) is 13.9. The lowest BCUT2D eigenvalue weighted by Gasteiger charge is -2.20. The third-order valence-corrected chi connectivity index (χ3v) is 4.43. The maximum Gasteiger partial charge on any atom is 0.231 e. The molecule has 2 atom stereocenters. The van der Waals surface area contributed by atoms with Crippen LogP contribution < -0.4 is 5.32 Å². The lowest BCUT2D eigenvalue weighted by Crippen LogP contribution is -2.33. The summed E-state index contributed by atoms with van der Waals surface area (Å²) < 4.78 is 5.46. The summed E-state index contributed by atoms with van der Waals surface area (Å²) in [4.78, 5) is 5.79. The van der Waals surface area contributed by atoms with Crippen molar-refractivity contribution in [1.29, 1.82) is 0 Å². The fourth-order valence-electron chi connectivity index (χ4n) is 2.39. The molecule has 1 aromatic carbocycles. The van der Waals surface area contributed by atoms with Crippen molar-refractivity contribution in [1.82, 2.24) is 15.5 Å². The van der Waals surface area contributed by atoms with Crippen LogP contribution in [-0.2, 0) is 0 Å². The van der Waals surface area contributed by atoms with Crippen LogP contribution in [0.25, 0.3) is 11.4 Å². The van der Waals surface area contributed by atoms with Crippen LogP contribution in [0.3, 0.4) is 0 Å². The lowest BCUT2D eigenvalue weighted by atomic mass is 9.99. The number of aromatic nitrogens is 2. The van der Waals surface area contributed by atoms with Gasteiger partial charge in [0.05, 0.1) is 5.92 Å². The molecule has 0 aliphatic rings. The molecule has 2 rings (SSSR count). The Kier molecular flexibility index (Phi) is 5.82. The van der Waals surface area contributed by atoms with Crippen LogP contribution in [0.1, 0.15) is 39.0 Å². The smallest absolute Gasteiger partial charge is 0.231 e. The summed E-state index contributed by atoms with van der Waals surface area (Å²) in [6, 6.07) is 8.58. The van der Waals surface area contributed by atoms with Crippen LogP contribution in [0, 0.1) is 0 Å². The molecule has 4 nitrogen and oxygen atoms in total. The maximum atomic E-state index is 5.46. The number of rotatable bonds is 7. The quantitative estimate of drug-likeness (QED) is 0.785. The Bertz CT molecular complexity index is 553. The Balaban J connectivity index is 2.16. The van der Waals surface area contributed by atoms with Crippen LogP contribution in [0.15, 0.2) is 33.7 Å². The zero-order chi connectivity index (χ0) is 15.2. The molecule has 0 saturated carbocycles. The summed E-state index contributed by atoms with van der Waals surface area (Å²) in [7, 11) is 0. The second-order valence-electron chi connectivity index (χ2n) is 5.05. The van der Waals surface area contributed by atoms with Gasteiger partial charge < -0.3 is 9.84 Å². The van der Waals surface area contributed by atoms with Crippen LogP contribution in [-0.4, -0.2) is 29.0 Å². The summed E-state index contributed by atoms with van der Waals surface area (Å²) in [5.41, 5.74) is 0.992. The standard InChI is InChI=1S/C16H23N3OS/c1-5-14(17-6-2)11(3)16-18-15(19-20-16)12-7-9-13(21-4)10-8-12/h7-11,14,17H,5-6H2,1-4H3. The molecular weight excluding hydrogens is 282 g/mol. The first-order chi connectivity index (χ1) is 10.2. The molecule has 2 aromatic rings. The minimum absolute atomic E-state index is 0.210. The SMILES string of the molecule is CCNC(CC)C(C)c1nc(-c2ccc(SC)cc2)no1. The highest BCUT2D eigenvalue weighted by molar-refractivity contribution is 7.98. The van der Waals surface area contributed by atoms with Gasteiger partial charge >= 0.3 is 0 Å². The number of hydrogen-bond donors (Lipinski definition) is 1. The first-order valence-corrected chi connectivity index (χ1v) is 8.63. The van der Waals surface area contributed by atoms with E-state index in [-0.39, 0.29) is 5.92 Å². The van der Waals surface area contributed by atoms with Gasteiger partial charge in [0.15, 0.2) is 0 Å². The van der Waals surface area contributed by atoms with Crippen molar-refractivity contribution in [2.45, 2.75) is 44.0 Å². The minimum atomic E-state index is 0.210. The first kappa shape index (κ1) is 16.0. The second-order valence-corrected chi connectivity index (χ2v) is 5.93. The number of likely N-dealkylation sites (N-methyl/N-ethyl adjacent to an activating group) is 1. The lowest BCUT2D eigenvalue weighted by molar-refractivity contribution is 0.321. The molecule has 2 unspecified atom stereocenters. The van der Waals surface area contributed by atoms with E-state index in [1.54, 1.807) is 11.8 Å². The fraction of sp³-hybridized carbons (Fsp3) is 0.500. The second kappa shape index (κ2) is 7.61. The minimum Gasteiger partial charge on any atom is -0.339 e. The van der Waals surface area contributed by atoms with Gasteiger partial charge in [-0.15, -0.1) is 11.8 Å². The monoisotopic (exact) mass is 305 g/mol. The zero-order valence-electron chi connectivity index (χ0n) is 13.1. The molecular formula is C16H23N3OS. The van der Waals surface area contributed by atoms with Crippen molar-refractivity contribution in [3.05, 3.63) is 30.2 Å². The largest absolute Gasteiger partial charge is 0.339 e. The Morgan fingerprint density at radius 3 is 2.52 bits per heavy atom. The molecule has 0 amide bonds. The molecule has 21 heavy (non-hydrogen) atoms. The Labute approximate surface area is 130 Å². The summed E-state index contributed by atoms with van der Waals surface area (Å²) in [6.45, 7) is 7.36. The third kappa shape index (κ3) is 3.86. The molecule has 0 fully saturated rings. The molecule has 0 spiro atoms. The van der Waals surface area contributed by atoms with Crippen LogP contribution in [0.2, 0.25) is 0 Å². The molecule has 5 heteroatoms. The Morgan fingerprint density at radius 2 is 1.95 bits per heavy atom. The fourth-order valence-corrected chi connectivity index (χ4v) is 2.79. The predicted molar refractivity (Wildman–Crippen MR) is 87.7 cm³/mol. The number of nitrogens with one attached hydrogen (secondary N) is 1. The number of thioether (sulfide) groups is 1. The normalized spacial score (nSPS) is 14.1. The van der Waals surface area contributed by atoms with E-state index < -0.39 is 0 Å². The van der Waals surface area contributed by atoms with Crippen LogP contribution in [0.4, 0.5) is 0 Å². The van der Waals surface area contributed by atoms with Crippen molar-refractivity contribution in [2.75, 3.05) is 12.8 Å². The summed E-state index contributed by atoms with van der Waals surface area (Å²) in [6.07, 6.45) is 3.10. The molecule has 0 aliphatic heterocycles. The average Bonchev–Trinajstić information content (AvgIpc) is 3.02. The van der Waals surface area contributed by atoms with E-state index in [2.05, 4.69) is 54.6 Å². The number of hydrogen-bond acceptors (Lipinski definition) is 5. The van der Waals surface area contributed by atoms with Gasteiger partial charge in [-0.2, -0.15) is 4.98 Å². The summed E-state index contributed by atoms with van der Waals surface area (Å²) in [5, 5.41) is 7.58. The van der Waals surface area contributed by atoms with E-state index >= 15 is 0 Å². The van der Waals surface area contributed by atoms with E-state index in [0.29, 0.717) is 17.8 Å². The van der Waals surface area contributed by atoms with Gasteiger partial charge in [0.2, 0.25) is 11.7 Å². The third-order valence-electron chi connectivity index (χ3n) is 3.69. The molecule has 1 aromatic heterocycles. The number of nitrogens with zero attached hydrogens (tertiary/aromatic N) is 2. The van der Waals surface area contributed by atoms with E-state index in [1.807, 2.05) is 12.1 Å². The Hall–Kier alpha value is -1.33. The molecule has 114 valence electrons. The molecule has 0 saturated heterocycles. The maximum absolute atomic E-state index is 5.46. The molecule has 0 radical (unpaired) electrons. The van der Waals surface area contributed by atoms with Crippen LogP contribution in [0.5, 0.6) is 0 Å². The molecule has 0 aliphatic carbocycles. The van der Waals surface area contributed by atoms with E-state index in [1.165, 1.54) is 4.90 Å². The Morgan fingerprint density at radius 1 is 1.24 bits per heavy atom. The van der Waals surface area contributed by atoms with Crippen molar-refractivity contribution in [2.24, 2.45) is 0 Å². The van der Waals surface area contributed by atoms with Crippen molar-refractivity contribution in [3.63, 3.8) is 0 Å². The average molecular weight is 305 g/mol.